The summed E-state index contributed by atoms with van der Waals surface area (Å²) < 4.78 is 1.63. The Labute approximate surface area is 177 Å². The van der Waals surface area contributed by atoms with Crippen molar-refractivity contribution in [2.45, 2.75) is 52.1 Å². The number of likely N-dealkylation sites (tertiary alicyclic amines) is 1. The summed E-state index contributed by atoms with van der Waals surface area (Å²) in [5.74, 6) is -0.167. The molecule has 1 aromatic heterocycles. The Morgan fingerprint density at radius 2 is 2.07 bits per heavy atom. The molecule has 1 N–H and O–H groups in total. The van der Waals surface area contributed by atoms with Crippen LogP contribution in [0.2, 0.25) is 10.2 Å². The number of aromatic nitrogens is 2. The lowest BCUT2D eigenvalue weighted by atomic mass is 10.0. The topological polar surface area (TPSA) is 50.2 Å². The molecule has 0 aliphatic carbocycles. The van der Waals surface area contributed by atoms with Gasteiger partial charge in [0.05, 0.1) is 17.8 Å². The van der Waals surface area contributed by atoms with Crippen LogP contribution in [0.5, 0.6) is 0 Å². The predicted molar refractivity (Wildman–Crippen MR) is 114 cm³/mol. The van der Waals surface area contributed by atoms with Gasteiger partial charge in [0.1, 0.15) is 5.15 Å². The van der Waals surface area contributed by atoms with E-state index >= 15 is 0 Å². The second-order valence-corrected chi connectivity index (χ2v) is 8.26. The van der Waals surface area contributed by atoms with E-state index in [4.69, 9.17) is 23.2 Å². The summed E-state index contributed by atoms with van der Waals surface area (Å²) in [6.07, 6.45) is 4.80. The highest BCUT2D eigenvalue weighted by Crippen LogP contribution is 2.23. The molecule has 0 bridgehead atoms. The summed E-state index contributed by atoms with van der Waals surface area (Å²) in [6.45, 7) is 7.33. The first-order chi connectivity index (χ1) is 13.5. The number of aryl methyl sites for hydroxylation is 1. The molecule has 28 heavy (non-hydrogen) atoms. The van der Waals surface area contributed by atoms with Gasteiger partial charge in [-0.15, -0.1) is 0 Å². The van der Waals surface area contributed by atoms with Gasteiger partial charge >= 0.3 is 0 Å². The Morgan fingerprint density at radius 1 is 1.29 bits per heavy atom. The maximum absolute atomic E-state index is 12.6. The fourth-order valence-electron chi connectivity index (χ4n) is 3.77. The largest absolute Gasteiger partial charge is 0.352 e. The van der Waals surface area contributed by atoms with Crippen LogP contribution < -0.4 is 5.32 Å². The van der Waals surface area contributed by atoms with Gasteiger partial charge in [-0.2, -0.15) is 5.10 Å². The van der Waals surface area contributed by atoms with Gasteiger partial charge in [-0.3, -0.25) is 4.79 Å². The van der Waals surface area contributed by atoms with Crippen molar-refractivity contribution in [2.75, 3.05) is 19.6 Å². The zero-order chi connectivity index (χ0) is 20.1. The Morgan fingerprint density at radius 3 is 2.82 bits per heavy atom. The maximum atomic E-state index is 12.6. The minimum Gasteiger partial charge on any atom is -0.352 e. The Kier molecular flexibility index (Phi) is 7.38. The third-order valence-electron chi connectivity index (χ3n) is 5.42. The zero-order valence-electron chi connectivity index (χ0n) is 16.5. The Balaban J connectivity index is 1.56. The molecule has 1 aliphatic heterocycles. The maximum Gasteiger partial charge on any atom is 0.256 e. The summed E-state index contributed by atoms with van der Waals surface area (Å²) in [7, 11) is 0. The van der Waals surface area contributed by atoms with Gasteiger partial charge in [0, 0.05) is 24.2 Å². The van der Waals surface area contributed by atoms with Crippen molar-refractivity contribution in [1.82, 2.24) is 20.0 Å². The van der Waals surface area contributed by atoms with E-state index in [2.05, 4.69) is 22.2 Å². The number of hydrogen-bond acceptors (Lipinski definition) is 3. The molecule has 7 heteroatoms. The summed E-state index contributed by atoms with van der Waals surface area (Å²) in [6, 6.07) is 8.20. The van der Waals surface area contributed by atoms with Crippen LogP contribution in [-0.4, -0.2) is 46.3 Å². The van der Waals surface area contributed by atoms with Crippen molar-refractivity contribution in [3.63, 3.8) is 0 Å². The number of amides is 1. The highest BCUT2D eigenvalue weighted by atomic mass is 35.5. The van der Waals surface area contributed by atoms with Gasteiger partial charge in [-0.1, -0.05) is 47.8 Å². The third kappa shape index (κ3) is 5.07. The first-order valence-corrected chi connectivity index (χ1v) is 10.7. The molecule has 1 saturated heterocycles. The van der Waals surface area contributed by atoms with Gasteiger partial charge in [-0.25, -0.2) is 4.68 Å². The fraction of sp³-hybridized carbons (Fsp3) is 0.524. The number of rotatable bonds is 7. The standard InChI is InChI=1S/C21H28Cl2N4O/c1-15-8-5-6-12-26(15)13-7-11-24-21(28)19-16(2)25-27(20(19)23)14-17-9-3-4-10-18(17)22/h3-4,9-10,15H,5-8,11-14H2,1-2H3,(H,24,28). The van der Waals surface area contributed by atoms with Crippen LogP contribution in [0.1, 0.15) is 54.2 Å². The minimum atomic E-state index is -0.167. The lowest BCUT2D eigenvalue weighted by Crippen LogP contribution is -2.39. The molecule has 0 saturated carbocycles. The molecule has 1 aliphatic rings. The number of hydrogen-bond donors (Lipinski definition) is 1. The SMILES string of the molecule is Cc1nn(Cc2ccccc2Cl)c(Cl)c1C(=O)NCCCN1CCCCC1C. The van der Waals surface area contributed by atoms with E-state index in [1.807, 2.05) is 24.3 Å². The van der Waals surface area contributed by atoms with Crippen LogP contribution in [0, 0.1) is 6.92 Å². The van der Waals surface area contributed by atoms with Crippen molar-refractivity contribution >= 4 is 29.1 Å². The van der Waals surface area contributed by atoms with E-state index in [1.54, 1.807) is 11.6 Å². The number of nitrogens with one attached hydrogen (secondary N) is 1. The summed E-state index contributed by atoms with van der Waals surface area (Å²) in [4.78, 5) is 15.2. The molecular formula is C21H28Cl2N4O. The van der Waals surface area contributed by atoms with Crippen LogP contribution in [0.25, 0.3) is 0 Å². The van der Waals surface area contributed by atoms with Crippen LogP contribution >= 0.6 is 23.2 Å². The van der Waals surface area contributed by atoms with Crippen LogP contribution in [0.4, 0.5) is 0 Å². The zero-order valence-corrected chi connectivity index (χ0v) is 18.1. The normalized spacial score (nSPS) is 17.6. The average Bonchev–Trinajstić information content (AvgIpc) is 2.95. The van der Waals surface area contributed by atoms with Gasteiger partial charge in [0.15, 0.2) is 0 Å². The summed E-state index contributed by atoms with van der Waals surface area (Å²) >= 11 is 12.7. The van der Waals surface area contributed by atoms with E-state index in [0.29, 0.717) is 40.6 Å². The molecule has 1 unspecified atom stereocenters. The van der Waals surface area contributed by atoms with E-state index in [9.17, 15) is 4.79 Å². The molecular weight excluding hydrogens is 395 g/mol. The fourth-order valence-corrected chi connectivity index (χ4v) is 4.28. The van der Waals surface area contributed by atoms with E-state index in [0.717, 1.165) is 25.1 Å². The summed E-state index contributed by atoms with van der Waals surface area (Å²) in [5.41, 5.74) is 1.98. The smallest absolute Gasteiger partial charge is 0.256 e. The van der Waals surface area contributed by atoms with E-state index in [-0.39, 0.29) is 5.91 Å². The molecule has 5 nitrogen and oxygen atoms in total. The lowest BCUT2D eigenvalue weighted by molar-refractivity contribution is 0.0948. The molecule has 3 rings (SSSR count). The number of halogens is 2. The third-order valence-corrected chi connectivity index (χ3v) is 6.17. The van der Waals surface area contributed by atoms with Crippen molar-refractivity contribution in [3.05, 3.63) is 51.3 Å². The quantitative estimate of drug-likeness (QED) is 0.666. The lowest BCUT2D eigenvalue weighted by Gasteiger charge is -2.33. The molecule has 2 heterocycles. The van der Waals surface area contributed by atoms with Gasteiger partial charge in [0.25, 0.3) is 5.91 Å². The monoisotopic (exact) mass is 422 g/mol. The first-order valence-electron chi connectivity index (χ1n) is 9.96. The summed E-state index contributed by atoms with van der Waals surface area (Å²) in [5, 5.41) is 8.43. The average molecular weight is 423 g/mol. The van der Waals surface area contributed by atoms with Crippen molar-refractivity contribution in [3.8, 4) is 0 Å². The molecule has 1 atom stereocenters. The molecule has 2 aromatic rings. The minimum absolute atomic E-state index is 0.167. The highest BCUT2D eigenvalue weighted by molar-refractivity contribution is 6.33. The molecule has 1 fully saturated rings. The molecule has 1 aromatic carbocycles. The van der Waals surface area contributed by atoms with Gasteiger partial charge in [0.2, 0.25) is 0 Å². The van der Waals surface area contributed by atoms with Crippen LogP contribution in [-0.2, 0) is 6.54 Å². The Bertz CT molecular complexity index is 821. The first kappa shape index (κ1) is 21.2. The number of benzene rings is 1. The second kappa shape index (κ2) is 9.77. The van der Waals surface area contributed by atoms with Crippen molar-refractivity contribution in [1.29, 1.82) is 0 Å². The molecule has 0 radical (unpaired) electrons. The Hall–Kier alpha value is -1.56. The number of piperidine rings is 1. The van der Waals surface area contributed by atoms with E-state index < -0.39 is 0 Å². The molecule has 1 amide bonds. The highest BCUT2D eigenvalue weighted by Gasteiger charge is 2.21. The van der Waals surface area contributed by atoms with Gasteiger partial charge < -0.3 is 10.2 Å². The number of carbonyl (C=O) groups is 1. The molecule has 152 valence electrons. The number of carbonyl (C=O) groups excluding carboxylic acids is 1. The van der Waals surface area contributed by atoms with Crippen molar-refractivity contribution in [2.24, 2.45) is 0 Å². The van der Waals surface area contributed by atoms with Crippen LogP contribution in [0.3, 0.4) is 0 Å². The van der Waals surface area contributed by atoms with Gasteiger partial charge in [-0.05, 0) is 51.3 Å². The predicted octanol–water partition coefficient (Wildman–Crippen LogP) is 4.54. The molecule has 0 spiro atoms. The number of nitrogens with zero attached hydrogens (tertiary/aromatic N) is 3. The van der Waals surface area contributed by atoms with E-state index in [1.165, 1.54) is 19.3 Å². The second-order valence-electron chi connectivity index (χ2n) is 7.49. The van der Waals surface area contributed by atoms with Crippen LogP contribution in [0.15, 0.2) is 24.3 Å². The van der Waals surface area contributed by atoms with Crippen molar-refractivity contribution < 1.29 is 4.79 Å².